The SMILES string of the molecule is CCC1(C)NC(=O)C(C)N(C2CCCC(C)C2C)C1=O. The first-order valence-electron chi connectivity index (χ1n) is 7.96. The van der Waals surface area contributed by atoms with Gasteiger partial charge in [0, 0.05) is 6.04 Å². The standard InChI is InChI=1S/C16H28N2O2/c1-6-16(5)15(20)18(12(4)14(19)17-16)13-9-7-8-10(2)11(13)3/h10-13H,6-9H2,1-5H3,(H,17,19). The van der Waals surface area contributed by atoms with Crippen LogP contribution in [-0.2, 0) is 9.59 Å². The zero-order valence-electron chi connectivity index (χ0n) is 13.4. The predicted molar refractivity (Wildman–Crippen MR) is 79.1 cm³/mol. The smallest absolute Gasteiger partial charge is 0.248 e. The van der Waals surface area contributed by atoms with Crippen molar-refractivity contribution < 1.29 is 9.59 Å². The average molecular weight is 280 g/mol. The third kappa shape index (κ3) is 2.33. The number of nitrogens with one attached hydrogen (secondary N) is 1. The van der Waals surface area contributed by atoms with Gasteiger partial charge in [0.1, 0.15) is 11.6 Å². The molecular weight excluding hydrogens is 252 g/mol. The second-order valence-corrected chi connectivity index (χ2v) is 6.90. The third-order valence-corrected chi connectivity index (χ3v) is 5.63. The Hall–Kier alpha value is -1.06. The van der Waals surface area contributed by atoms with Crippen molar-refractivity contribution in [2.45, 2.75) is 77.9 Å². The molecule has 2 fully saturated rings. The molecule has 20 heavy (non-hydrogen) atoms. The number of piperazine rings is 1. The van der Waals surface area contributed by atoms with Gasteiger partial charge in [0.15, 0.2) is 0 Å². The van der Waals surface area contributed by atoms with E-state index in [9.17, 15) is 9.59 Å². The van der Waals surface area contributed by atoms with Crippen LogP contribution in [-0.4, -0.2) is 34.3 Å². The van der Waals surface area contributed by atoms with Crippen molar-refractivity contribution in [1.82, 2.24) is 10.2 Å². The molecule has 5 atom stereocenters. The molecule has 1 aliphatic heterocycles. The van der Waals surface area contributed by atoms with Crippen LogP contribution in [0, 0.1) is 11.8 Å². The fourth-order valence-corrected chi connectivity index (χ4v) is 3.64. The van der Waals surface area contributed by atoms with Crippen molar-refractivity contribution >= 4 is 11.8 Å². The maximum absolute atomic E-state index is 12.9. The highest BCUT2D eigenvalue weighted by Crippen LogP contribution is 2.36. The van der Waals surface area contributed by atoms with E-state index >= 15 is 0 Å². The van der Waals surface area contributed by atoms with Gasteiger partial charge >= 0.3 is 0 Å². The van der Waals surface area contributed by atoms with Crippen molar-refractivity contribution in [2.24, 2.45) is 11.8 Å². The van der Waals surface area contributed by atoms with Gasteiger partial charge in [-0.15, -0.1) is 0 Å². The second kappa shape index (κ2) is 5.38. The van der Waals surface area contributed by atoms with E-state index in [1.165, 1.54) is 6.42 Å². The summed E-state index contributed by atoms with van der Waals surface area (Å²) in [5.74, 6) is 1.16. The summed E-state index contributed by atoms with van der Waals surface area (Å²) in [5, 5.41) is 2.91. The van der Waals surface area contributed by atoms with Crippen LogP contribution in [0.25, 0.3) is 0 Å². The minimum absolute atomic E-state index is 0.0145. The minimum atomic E-state index is -0.732. The summed E-state index contributed by atoms with van der Waals surface area (Å²) in [7, 11) is 0. The summed E-state index contributed by atoms with van der Waals surface area (Å²) in [6.45, 7) is 10.1. The highest BCUT2D eigenvalue weighted by atomic mass is 16.2. The Morgan fingerprint density at radius 1 is 1.25 bits per heavy atom. The maximum Gasteiger partial charge on any atom is 0.248 e. The first kappa shape index (κ1) is 15.3. The fraction of sp³-hybridized carbons (Fsp3) is 0.875. The molecule has 1 saturated carbocycles. The van der Waals surface area contributed by atoms with Crippen molar-refractivity contribution in [3.05, 3.63) is 0 Å². The van der Waals surface area contributed by atoms with E-state index in [0.29, 0.717) is 18.3 Å². The van der Waals surface area contributed by atoms with Gasteiger partial charge < -0.3 is 10.2 Å². The average Bonchev–Trinajstić information content (AvgIpc) is 2.41. The van der Waals surface area contributed by atoms with E-state index in [4.69, 9.17) is 0 Å². The summed E-state index contributed by atoms with van der Waals surface area (Å²) >= 11 is 0. The van der Waals surface area contributed by atoms with Crippen LogP contribution < -0.4 is 5.32 Å². The maximum atomic E-state index is 12.9. The van der Waals surface area contributed by atoms with Gasteiger partial charge in [0.05, 0.1) is 0 Å². The van der Waals surface area contributed by atoms with Gasteiger partial charge in [-0.05, 0) is 38.5 Å². The van der Waals surface area contributed by atoms with E-state index in [-0.39, 0.29) is 23.9 Å². The third-order valence-electron chi connectivity index (χ3n) is 5.63. The largest absolute Gasteiger partial charge is 0.340 e. The molecule has 2 amide bonds. The van der Waals surface area contributed by atoms with E-state index < -0.39 is 5.54 Å². The van der Waals surface area contributed by atoms with Crippen LogP contribution in [0.2, 0.25) is 0 Å². The Bertz CT molecular complexity index is 409. The quantitative estimate of drug-likeness (QED) is 0.844. The molecule has 0 bridgehead atoms. The van der Waals surface area contributed by atoms with E-state index in [2.05, 4.69) is 19.2 Å². The van der Waals surface area contributed by atoms with Gasteiger partial charge in [0.2, 0.25) is 11.8 Å². The van der Waals surface area contributed by atoms with Gasteiger partial charge in [-0.1, -0.05) is 33.6 Å². The summed E-state index contributed by atoms with van der Waals surface area (Å²) in [6.07, 6.45) is 4.04. The molecule has 1 heterocycles. The van der Waals surface area contributed by atoms with Crippen molar-refractivity contribution in [1.29, 1.82) is 0 Å². The highest BCUT2D eigenvalue weighted by Gasteiger charge is 2.49. The number of amides is 2. The molecule has 0 aromatic carbocycles. The molecule has 4 nitrogen and oxygen atoms in total. The Labute approximate surface area is 122 Å². The Balaban J connectivity index is 2.31. The Morgan fingerprint density at radius 2 is 1.90 bits per heavy atom. The lowest BCUT2D eigenvalue weighted by atomic mass is 9.75. The Kier molecular flexibility index (Phi) is 4.12. The van der Waals surface area contributed by atoms with Crippen LogP contribution in [0.5, 0.6) is 0 Å². The molecule has 4 heteroatoms. The second-order valence-electron chi connectivity index (χ2n) is 6.90. The van der Waals surface area contributed by atoms with E-state index in [1.54, 1.807) is 0 Å². The number of rotatable bonds is 2. The number of hydrogen-bond acceptors (Lipinski definition) is 2. The monoisotopic (exact) mass is 280 g/mol. The molecule has 2 aliphatic rings. The molecule has 1 N–H and O–H groups in total. The van der Waals surface area contributed by atoms with Crippen molar-refractivity contribution in [3.8, 4) is 0 Å². The number of carbonyl (C=O) groups is 2. The summed E-state index contributed by atoms with van der Waals surface area (Å²) in [6, 6.07) is -0.141. The molecular formula is C16H28N2O2. The molecule has 1 saturated heterocycles. The molecule has 0 aromatic heterocycles. The van der Waals surface area contributed by atoms with Gasteiger partial charge in [-0.2, -0.15) is 0 Å². The lowest BCUT2D eigenvalue weighted by Gasteiger charge is -2.50. The highest BCUT2D eigenvalue weighted by molar-refractivity contribution is 5.99. The van der Waals surface area contributed by atoms with Crippen LogP contribution in [0.4, 0.5) is 0 Å². The molecule has 0 spiro atoms. The van der Waals surface area contributed by atoms with Crippen molar-refractivity contribution in [3.63, 3.8) is 0 Å². The van der Waals surface area contributed by atoms with Crippen molar-refractivity contribution in [2.75, 3.05) is 0 Å². The first-order chi connectivity index (χ1) is 9.31. The molecule has 1 aliphatic carbocycles. The normalized spacial score (nSPS) is 42.5. The molecule has 2 rings (SSSR count). The van der Waals surface area contributed by atoms with Gasteiger partial charge in [-0.25, -0.2) is 0 Å². The zero-order chi connectivity index (χ0) is 15.1. The summed E-state index contributed by atoms with van der Waals surface area (Å²) < 4.78 is 0. The first-order valence-corrected chi connectivity index (χ1v) is 7.96. The minimum Gasteiger partial charge on any atom is -0.340 e. The molecule has 5 unspecified atom stereocenters. The number of nitrogens with zero attached hydrogens (tertiary/aromatic N) is 1. The predicted octanol–water partition coefficient (Wildman–Crippen LogP) is 2.33. The van der Waals surface area contributed by atoms with Crippen LogP contribution >= 0.6 is 0 Å². The molecule has 0 aromatic rings. The van der Waals surface area contributed by atoms with Gasteiger partial charge in [0.25, 0.3) is 0 Å². The number of carbonyl (C=O) groups excluding carboxylic acids is 2. The lowest BCUT2D eigenvalue weighted by molar-refractivity contribution is -0.159. The Morgan fingerprint density at radius 3 is 2.50 bits per heavy atom. The molecule has 0 radical (unpaired) electrons. The fourth-order valence-electron chi connectivity index (χ4n) is 3.64. The summed E-state index contributed by atoms with van der Waals surface area (Å²) in [4.78, 5) is 27.0. The van der Waals surface area contributed by atoms with Crippen LogP contribution in [0.1, 0.15) is 60.3 Å². The topological polar surface area (TPSA) is 49.4 Å². The van der Waals surface area contributed by atoms with E-state index in [0.717, 1.165) is 12.8 Å². The molecule has 114 valence electrons. The van der Waals surface area contributed by atoms with E-state index in [1.807, 2.05) is 25.7 Å². The van der Waals surface area contributed by atoms with Gasteiger partial charge in [-0.3, -0.25) is 9.59 Å². The zero-order valence-corrected chi connectivity index (χ0v) is 13.4. The van der Waals surface area contributed by atoms with Crippen LogP contribution in [0.3, 0.4) is 0 Å². The number of hydrogen-bond donors (Lipinski definition) is 1. The summed E-state index contributed by atoms with van der Waals surface area (Å²) in [5.41, 5.74) is -0.732. The lowest BCUT2D eigenvalue weighted by Crippen LogP contribution is -2.71. The van der Waals surface area contributed by atoms with Crippen LogP contribution in [0.15, 0.2) is 0 Å².